The lowest BCUT2D eigenvalue weighted by Gasteiger charge is -2.16. The number of nitrogens with zero attached hydrogens (tertiary/aromatic N) is 3. The lowest BCUT2D eigenvalue weighted by molar-refractivity contribution is -0.145. The molecule has 0 saturated carbocycles. The molecule has 1 amide bonds. The largest absolute Gasteiger partial charge is 0.467 e. The molecule has 0 unspecified atom stereocenters. The number of para-hydroxylation sites is 1. The number of thioether (sulfide) groups is 1. The van der Waals surface area contributed by atoms with Gasteiger partial charge >= 0.3 is 5.97 Å². The van der Waals surface area contributed by atoms with Gasteiger partial charge in [-0.25, -0.2) is 9.48 Å². The van der Waals surface area contributed by atoms with Crippen molar-refractivity contribution in [2.24, 2.45) is 0 Å². The zero-order valence-corrected chi connectivity index (χ0v) is 18.2. The van der Waals surface area contributed by atoms with E-state index in [2.05, 4.69) is 17.3 Å². The van der Waals surface area contributed by atoms with E-state index in [9.17, 15) is 14.4 Å². The van der Waals surface area contributed by atoms with Crippen molar-refractivity contribution in [1.82, 2.24) is 19.7 Å². The maximum Gasteiger partial charge on any atom is 0.328 e. The lowest BCUT2D eigenvalue weighted by atomic mass is 10.2. The van der Waals surface area contributed by atoms with Crippen LogP contribution in [0.1, 0.15) is 19.8 Å². The summed E-state index contributed by atoms with van der Waals surface area (Å²) in [6.07, 6.45) is 4.87. The highest BCUT2D eigenvalue weighted by atomic mass is 32.2. The molecule has 1 atom stereocenters. The number of carbonyl (C=O) groups excluding carboxylic acids is 2. The van der Waals surface area contributed by atoms with Crippen molar-refractivity contribution < 1.29 is 14.3 Å². The van der Waals surface area contributed by atoms with E-state index in [-0.39, 0.29) is 12.1 Å². The van der Waals surface area contributed by atoms with Crippen molar-refractivity contribution in [2.45, 2.75) is 38.9 Å². The molecular formula is C21H26N4O4S. The predicted molar refractivity (Wildman–Crippen MR) is 119 cm³/mol. The molecule has 1 aromatic carbocycles. The summed E-state index contributed by atoms with van der Waals surface area (Å²) in [6, 6.07) is 7.07. The van der Waals surface area contributed by atoms with Crippen LogP contribution in [0.2, 0.25) is 0 Å². The number of aromatic nitrogens is 3. The normalized spacial score (nSPS) is 12.2. The van der Waals surface area contributed by atoms with Gasteiger partial charge in [-0.1, -0.05) is 25.1 Å². The Morgan fingerprint density at radius 3 is 2.73 bits per heavy atom. The number of aryl methyl sites for hydroxylation is 1. The SMILES string of the molecule is CCCn1c2ccccc2c2cnn(CC(=O)N[C@H](CCSC)C(=O)OC)c(=O)c21. The van der Waals surface area contributed by atoms with E-state index in [1.807, 2.05) is 35.1 Å². The van der Waals surface area contributed by atoms with Gasteiger partial charge in [0.25, 0.3) is 5.56 Å². The van der Waals surface area contributed by atoms with Gasteiger partial charge in [-0.3, -0.25) is 9.59 Å². The molecule has 3 aromatic rings. The van der Waals surface area contributed by atoms with Gasteiger partial charge in [0.1, 0.15) is 18.1 Å². The van der Waals surface area contributed by atoms with Crippen molar-refractivity contribution >= 4 is 45.4 Å². The third-order valence-electron chi connectivity index (χ3n) is 4.95. The molecule has 0 bridgehead atoms. The summed E-state index contributed by atoms with van der Waals surface area (Å²) >= 11 is 1.57. The fraction of sp³-hybridized carbons (Fsp3) is 0.429. The zero-order chi connectivity index (χ0) is 21.7. The predicted octanol–water partition coefficient (Wildman–Crippen LogP) is 2.17. The highest BCUT2D eigenvalue weighted by Gasteiger charge is 2.22. The number of ether oxygens (including phenoxy) is 1. The van der Waals surface area contributed by atoms with Crippen LogP contribution in [0.3, 0.4) is 0 Å². The summed E-state index contributed by atoms with van der Waals surface area (Å²) in [4.78, 5) is 37.7. The fourth-order valence-electron chi connectivity index (χ4n) is 3.57. The number of methoxy groups -OCH3 is 1. The number of fused-ring (bicyclic) bond motifs is 3. The van der Waals surface area contributed by atoms with Crippen molar-refractivity contribution in [3.63, 3.8) is 0 Å². The quantitative estimate of drug-likeness (QED) is 0.523. The Morgan fingerprint density at radius 1 is 1.27 bits per heavy atom. The standard InChI is InChI=1S/C21H26N4O4S/c1-4-10-24-17-8-6-5-7-14(17)15-12-22-25(20(27)19(15)24)13-18(26)23-16(9-11-30-3)21(28)29-2/h5-8,12,16H,4,9-11,13H2,1-3H3,(H,23,26)/t16-/m1/s1. The maximum atomic E-state index is 13.2. The monoisotopic (exact) mass is 430 g/mol. The van der Waals surface area contributed by atoms with Crippen molar-refractivity contribution in [3.8, 4) is 0 Å². The molecule has 0 aliphatic heterocycles. The molecule has 2 heterocycles. The first-order valence-electron chi connectivity index (χ1n) is 9.85. The average molecular weight is 431 g/mol. The van der Waals surface area contributed by atoms with Gasteiger partial charge in [0, 0.05) is 22.8 Å². The van der Waals surface area contributed by atoms with Gasteiger partial charge in [0.2, 0.25) is 5.91 Å². The van der Waals surface area contributed by atoms with Crippen LogP contribution in [0.4, 0.5) is 0 Å². The van der Waals surface area contributed by atoms with Crippen LogP contribution < -0.4 is 10.9 Å². The smallest absolute Gasteiger partial charge is 0.328 e. The van der Waals surface area contributed by atoms with E-state index in [1.54, 1.807) is 18.0 Å². The summed E-state index contributed by atoms with van der Waals surface area (Å²) in [5, 5.41) is 8.61. The summed E-state index contributed by atoms with van der Waals surface area (Å²) in [6.45, 7) is 2.47. The topological polar surface area (TPSA) is 95.2 Å². The number of hydrogen-bond donors (Lipinski definition) is 1. The summed E-state index contributed by atoms with van der Waals surface area (Å²) in [5.74, 6) is -0.267. The Bertz CT molecular complexity index is 1120. The molecule has 2 aromatic heterocycles. The zero-order valence-electron chi connectivity index (χ0n) is 17.4. The van der Waals surface area contributed by atoms with Crippen LogP contribution in [0.25, 0.3) is 21.8 Å². The number of hydrogen-bond acceptors (Lipinski definition) is 6. The van der Waals surface area contributed by atoms with Gasteiger partial charge in [0.05, 0.1) is 13.3 Å². The Hall–Kier alpha value is -2.81. The maximum absolute atomic E-state index is 13.2. The van der Waals surface area contributed by atoms with Gasteiger partial charge in [-0.05, 0) is 30.9 Å². The minimum absolute atomic E-state index is 0.269. The second-order valence-electron chi connectivity index (χ2n) is 6.96. The van der Waals surface area contributed by atoms with Gasteiger partial charge in [-0.2, -0.15) is 16.9 Å². The van der Waals surface area contributed by atoms with Crippen molar-refractivity contribution in [2.75, 3.05) is 19.1 Å². The first-order chi connectivity index (χ1) is 14.5. The number of esters is 1. The molecule has 0 aliphatic rings. The van der Waals surface area contributed by atoms with E-state index < -0.39 is 17.9 Å². The second-order valence-corrected chi connectivity index (χ2v) is 7.95. The number of benzene rings is 1. The highest BCUT2D eigenvalue weighted by Crippen LogP contribution is 2.26. The summed E-state index contributed by atoms with van der Waals surface area (Å²) in [7, 11) is 1.28. The van der Waals surface area contributed by atoms with Gasteiger partial charge in [0.15, 0.2) is 0 Å². The van der Waals surface area contributed by atoms with Crippen molar-refractivity contribution in [3.05, 3.63) is 40.8 Å². The van der Waals surface area contributed by atoms with E-state index >= 15 is 0 Å². The molecule has 8 nitrogen and oxygen atoms in total. The molecule has 9 heteroatoms. The molecule has 30 heavy (non-hydrogen) atoms. The van der Waals surface area contributed by atoms with Crippen LogP contribution >= 0.6 is 11.8 Å². The fourth-order valence-corrected chi connectivity index (χ4v) is 4.04. The van der Waals surface area contributed by atoms with Gasteiger partial charge < -0.3 is 14.6 Å². The second kappa shape index (κ2) is 9.80. The lowest BCUT2D eigenvalue weighted by Crippen LogP contribution is -2.44. The minimum Gasteiger partial charge on any atom is -0.467 e. The summed E-state index contributed by atoms with van der Waals surface area (Å²) < 4.78 is 7.90. The molecule has 0 fully saturated rings. The first kappa shape index (κ1) is 21.9. The molecule has 3 rings (SSSR count). The van der Waals surface area contributed by atoms with E-state index in [4.69, 9.17) is 4.74 Å². The Kier molecular flexibility index (Phi) is 7.15. The summed E-state index contributed by atoms with van der Waals surface area (Å²) in [5.41, 5.74) is 1.18. The van der Waals surface area contributed by atoms with E-state index in [1.165, 1.54) is 7.11 Å². The van der Waals surface area contributed by atoms with E-state index in [0.29, 0.717) is 24.2 Å². The Labute approximate surface area is 178 Å². The number of nitrogens with one attached hydrogen (secondary N) is 1. The van der Waals surface area contributed by atoms with Gasteiger partial charge in [-0.15, -0.1) is 0 Å². The molecule has 0 saturated heterocycles. The third-order valence-corrected chi connectivity index (χ3v) is 5.59. The molecule has 0 radical (unpaired) electrons. The van der Waals surface area contributed by atoms with Crippen LogP contribution in [0.15, 0.2) is 35.3 Å². The Morgan fingerprint density at radius 2 is 2.03 bits per heavy atom. The number of rotatable bonds is 9. The molecule has 160 valence electrons. The Balaban J connectivity index is 1.93. The molecule has 0 aliphatic carbocycles. The van der Waals surface area contributed by atoms with Crippen LogP contribution in [-0.2, 0) is 27.4 Å². The third kappa shape index (κ3) is 4.35. The van der Waals surface area contributed by atoms with Crippen LogP contribution in [-0.4, -0.2) is 51.4 Å². The van der Waals surface area contributed by atoms with E-state index in [0.717, 1.165) is 27.4 Å². The first-order valence-corrected chi connectivity index (χ1v) is 11.2. The average Bonchev–Trinajstić information content (AvgIpc) is 3.07. The number of amides is 1. The van der Waals surface area contributed by atoms with Crippen molar-refractivity contribution in [1.29, 1.82) is 0 Å². The van der Waals surface area contributed by atoms with Crippen LogP contribution in [0, 0.1) is 0 Å². The minimum atomic E-state index is -0.749. The highest BCUT2D eigenvalue weighted by molar-refractivity contribution is 7.98. The molecule has 1 N–H and O–H groups in total. The molecular weight excluding hydrogens is 404 g/mol. The van der Waals surface area contributed by atoms with Crippen LogP contribution in [0.5, 0.6) is 0 Å². The number of carbonyl (C=O) groups is 2. The molecule has 0 spiro atoms.